The third kappa shape index (κ3) is 4.14. The normalized spacial score (nSPS) is 18.6. The van der Waals surface area contributed by atoms with Gasteiger partial charge in [-0.05, 0) is 29.8 Å². The van der Waals surface area contributed by atoms with Crippen LogP contribution in [-0.2, 0) is 10.0 Å². The summed E-state index contributed by atoms with van der Waals surface area (Å²) in [5.41, 5.74) is 0.475. The molecular formula is C16H16ClF3N2O2S. The molecule has 4 nitrogen and oxygen atoms in total. The number of halogens is 4. The summed E-state index contributed by atoms with van der Waals surface area (Å²) >= 11 is 0. The van der Waals surface area contributed by atoms with Crippen LogP contribution >= 0.6 is 12.4 Å². The first kappa shape index (κ1) is 19.7. The summed E-state index contributed by atoms with van der Waals surface area (Å²) in [6.45, 7) is 0.783. The maximum atomic E-state index is 13.5. The standard InChI is InChI=1S/C16H15F3N2O2S.ClH/c17-12-3-1-2-11(6-12)16-10-20-4-5-21(16)24(22,23)15-8-13(18)7-14(19)9-15;/h1-3,6-9,16,20H,4-5,10H2;1H. The third-order valence-electron chi connectivity index (χ3n) is 3.87. The minimum absolute atomic E-state index is 0. The molecule has 9 heteroatoms. The molecule has 1 heterocycles. The van der Waals surface area contributed by atoms with Crippen molar-refractivity contribution in [3.05, 3.63) is 65.5 Å². The predicted molar refractivity (Wildman–Crippen MR) is 89.5 cm³/mol. The Bertz CT molecular complexity index is 844. The van der Waals surface area contributed by atoms with Crippen molar-refractivity contribution in [1.82, 2.24) is 9.62 Å². The second-order valence-electron chi connectivity index (χ2n) is 5.50. The van der Waals surface area contributed by atoms with E-state index in [1.54, 1.807) is 6.07 Å². The molecule has 25 heavy (non-hydrogen) atoms. The summed E-state index contributed by atoms with van der Waals surface area (Å²) in [4.78, 5) is -0.455. The van der Waals surface area contributed by atoms with Crippen molar-refractivity contribution in [2.75, 3.05) is 19.6 Å². The molecule has 1 saturated heterocycles. The van der Waals surface area contributed by atoms with Crippen molar-refractivity contribution >= 4 is 22.4 Å². The molecule has 136 valence electrons. The summed E-state index contributed by atoms with van der Waals surface area (Å²) in [7, 11) is -4.13. The molecule has 1 aliphatic heterocycles. The van der Waals surface area contributed by atoms with Crippen molar-refractivity contribution in [1.29, 1.82) is 0 Å². The SMILES string of the molecule is Cl.O=S(=O)(c1cc(F)cc(F)c1)N1CCNCC1c1cccc(F)c1. The van der Waals surface area contributed by atoms with E-state index in [9.17, 15) is 21.6 Å². The van der Waals surface area contributed by atoms with E-state index in [4.69, 9.17) is 0 Å². The van der Waals surface area contributed by atoms with Crippen molar-refractivity contribution < 1.29 is 21.6 Å². The topological polar surface area (TPSA) is 49.4 Å². The van der Waals surface area contributed by atoms with Crippen LogP contribution in [0.4, 0.5) is 13.2 Å². The van der Waals surface area contributed by atoms with Crippen LogP contribution in [0.5, 0.6) is 0 Å². The van der Waals surface area contributed by atoms with E-state index < -0.39 is 38.4 Å². The van der Waals surface area contributed by atoms with Crippen molar-refractivity contribution in [3.8, 4) is 0 Å². The van der Waals surface area contributed by atoms with Gasteiger partial charge in [0.05, 0.1) is 10.9 Å². The molecule has 1 fully saturated rings. The lowest BCUT2D eigenvalue weighted by atomic mass is 10.1. The number of nitrogens with one attached hydrogen (secondary N) is 1. The van der Waals surface area contributed by atoms with Gasteiger partial charge in [0.25, 0.3) is 0 Å². The first-order chi connectivity index (χ1) is 11.4. The van der Waals surface area contributed by atoms with Crippen LogP contribution in [0, 0.1) is 17.5 Å². The van der Waals surface area contributed by atoms with E-state index in [2.05, 4.69) is 5.32 Å². The Kier molecular flexibility index (Phi) is 6.10. The first-order valence-corrected chi connectivity index (χ1v) is 8.76. The highest BCUT2D eigenvalue weighted by Gasteiger charge is 2.35. The minimum atomic E-state index is -4.13. The molecule has 0 bridgehead atoms. The fourth-order valence-corrected chi connectivity index (χ4v) is 4.44. The van der Waals surface area contributed by atoms with Crippen LogP contribution in [-0.4, -0.2) is 32.4 Å². The lowest BCUT2D eigenvalue weighted by molar-refractivity contribution is 0.271. The van der Waals surface area contributed by atoms with Crippen LogP contribution in [0.3, 0.4) is 0 Å². The Hall–Kier alpha value is -1.61. The molecule has 0 aromatic heterocycles. The maximum absolute atomic E-state index is 13.5. The highest BCUT2D eigenvalue weighted by atomic mass is 35.5. The Morgan fingerprint density at radius 1 is 1.00 bits per heavy atom. The average Bonchev–Trinajstić information content (AvgIpc) is 2.54. The van der Waals surface area contributed by atoms with Gasteiger partial charge >= 0.3 is 0 Å². The fourth-order valence-electron chi connectivity index (χ4n) is 2.78. The molecule has 1 N–H and O–H groups in total. The molecule has 2 aromatic carbocycles. The van der Waals surface area contributed by atoms with E-state index >= 15 is 0 Å². The van der Waals surface area contributed by atoms with Gasteiger partial charge in [0.1, 0.15) is 17.5 Å². The largest absolute Gasteiger partial charge is 0.313 e. The smallest absolute Gasteiger partial charge is 0.243 e. The lowest BCUT2D eigenvalue weighted by Crippen LogP contribution is -2.48. The predicted octanol–water partition coefficient (Wildman–Crippen LogP) is 2.86. The van der Waals surface area contributed by atoms with Gasteiger partial charge in [-0.2, -0.15) is 4.31 Å². The van der Waals surface area contributed by atoms with Gasteiger partial charge in [-0.3, -0.25) is 0 Å². The van der Waals surface area contributed by atoms with Gasteiger partial charge in [0.2, 0.25) is 10.0 Å². The van der Waals surface area contributed by atoms with E-state index in [0.29, 0.717) is 18.2 Å². The van der Waals surface area contributed by atoms with Gasteiger partial charge in [-0.25, -0.2) is 21.6 Å². The van der Waals surface area contributed by atoms with Gasteiger partial charge in [0.15, 0.2) is 0 Å². The van der Waals surface area contributed by atoms with Gasteiger partial charge < -0.3 is 5.32 Å². The van der Waals surface area contributed by atoms with Crippen LogP contribution in [0.15, 0.2) is 47.4 Å². The lowest BCUT2D eigenvalue weighted by Gasteiger charge is -2.35. The minimum Gasteiger partial charge on any atom is -0.313 e. The number of nitrogens with zero attached hydrogens (tertiary/aromatic N) is 1. The van der Waals surface area contributed by atoms with E-state index in [0.717, 1.165) is 16.4 Å². The van der Waals surface area contributed by atoms with Crippen LogP contribution < -0.4 is 5.32 Å². The van der Waals surface area contributed by atoms with Crippen LogP contribution in [0.25, 0.3) is 0 Å². The maximum Gasteiger partial charge on any atom is 0.243 e. The Morgan fingerprint density at radius 2 is 1.68 bits per heavy atom. The Labute approximate surface area is 150 Å². The van der Waals surface area contributed by atoms with Gasteiger partial charge in [-0.15, -0.1) is 12.4 Å². The molecule has 1 unspecified atom stereocenters. The number of hydrogen-bond acceptors (Lipinski definition) is 3. The number of piperazine rings is 1. The molecule has 0 radical (unpaired) electrons. The van der Waals surface area contributed by atoms with Crippen LogP contribution in [0.2, 0.25) is 0 Å². The quantitative estimate of drug-likeness (QED) is 0.873. The first-order valence-electron chi connectivity index (χ1n) is 7.32. The number of sulfonamides is 1. The molecule has 0 spiro atoms. The zero-order valence-electron chi connectivity index (χ0n) is 13.0. The second-order valence-corrected chi connectivity index (χ2v) is 7.39. The molecule has 1 aliphatic rings. The molecular weight excluding hydrogens is 377 g/mol. The Morgan fingerprint density at radius 3 is 2.32 bits per heavy atom. The van der Waals surface area contributed by atoms with E-state index in [-0.39, 0.29) is 25.5 Å². The van der Waals surface area contributed by atoms with Crippen LogP contribution in [0.1, 0.15) is 11.6 Å². The number of hydrogen-bond donors (Lipinski definition) is 1. The van der Waals surface area contributed by atoms with Gasteiger partial charge in [0, 0.05) is 25.7 Å². The Balaban J connectivity index is 0.00000225. The summed E-state index contributed by atoms with van der Waals surface area (Å²) in [5.74, 6) is -2.41. The zero-order valence-corrected chi connectivity index (χ0v) is 14.6. The summed E-state index contributed by atoms with van der Waals surface area (Å²) in [6.07, 6.45) is 0. The average molecular weight is 393 g/mol. The highest BCUT2D eigenvalue weighted by molar-refractivity contribution is 7.89. The molecule has 0 amide bonds. The summed E-state index contributed by atoms with van der Waals surface area (Å²) < 4.78 is 67.1. The molecule has 3 rings (SSSR count). The third-order valence-corrected chi connectivity index (χ3v) is 5.76. The van der Waals surface area contributed by atoms with Gasteiger partial charge in [-0.1, -0.05) is 12.1 Å². The molecule has 0 saturated carbocycles. The number of rotatable bonds is 3. The molecule has 1 atom stereocenters. The molecule has 0 aliphatic carbocycles. The monoisotopic (exact) mass is 392 g/mol. The summed E-state index contributed by atoms with van der Waals surface area (Å²) in [6, 6.07) is 7.15. The van der Waals surface area contributed by atoms with Crippen molar-refractivity contribution in [3.63, 3.8) is 0 Å². The fraction of sp³-hybridized carbons (Fsp3) is 0.250. The number of benzene rings is 2. The van der Waals surface area contributed by atoms with Crippen molar-refractivity contribution in [2.24, 2.45) is 0 Å². The summed E-state index contributed by atoms with van der Waals surface area (Å²) in [5, 5.41) is 3.05. The second kappa shape index (κ2) is 7.74. The van der Waals surface area contributed by atoms with E-state index in [1.165, 1.54) is 18.2 Å². The van der Waals surface area contributed by atoms with E-state index in [1.807, 2.05) is 0 Å². The molecule has 2 aromatic rings. The zero-order chi connectivity index (χ0) is 17.3. The highest BCUT2D eigenvalue weighted by Crippen LogP contribution is 2.29. The van der Waals surface area contributed by atoms with Crippen molar-refractivity contribution in [2.45, 2.75) is 10.9 Å².